The molecule has 0 amide bonds. The SMILES string of the molecule is CCCCS(=O)(=O)Nc1ccc2oc(C)c(CCN(C)Cc3cnc4ccccc4n3)c2c1. The van der Waals surface area contributed by atoms with Gasteiger partial charge >= 0.3 is 0 Å². The van der Waals surface area contributed by atoms with Crippen molar-refractivity contribution < 1.29 is 12.8 Å². The molecule has 4 aromatic rings. The second-order valence-electron chi connectivity index (χ2n) is 8.46. The number of sulfonamides is 1. The molecule has 174 valence electrons. The monoisotopic (exact) mass is 466 g/mol. The van der Waals surface area contributed by atoms with E-state index < -0.39 is 10.0 Å². The molecule has 0 radical (unpaired) electrons. The highest BCUT2D eigenvalue weighted by Gasteiger charge is 2.15. The van der Waals surface area contributed by atoms with Crippen LogP contribution in [-0.2, 0) is 23.0 Å². The highest BCUT2D eigenvalue weighted by molar-refractivity contribution is 7.92. The van der Waals surface area contributed by atoms with E-state index >= 15 is 0 Å². The molecule has 0 spiro atoms. The summed E-state index contributed by atoms with van der Waals surface area (Å²) >= 11 is 0. The van der Waals surface area contributed by atoms with Gasteiger partial charge in [0.25, 0.3) is 0 Å². The summed E-state index contributed by atoms with van der Waals surface area (Å²) in [4.78, 5) is 11.4. The summed E-state index contributed by atoms with van der Waals surface area (Å²) in [6.07, 6.45) is 4.08. The Bertz CT molecular complexity index is 1360. The Labute approximate surface area is 194 Å². The third-order valence-corrected chi connectivity index (χ3v) is 7.08. The summed E-state index contributed by atoms with van der Waals surface area (Å²) in [7, 11) is -1.29. The lowest BCUT2D eigenvalue weighted by Crippen LogP contribution is -2.21. The van der Waals surface area contributed by atoms with Crippen LogP contribution < -0.4 is 4.72 Å². The maximum absolute atomic E-state index is 12.3. The molecule has 0 bridgehead atoms. The van der Waals surface area contributed by atoms with Crippen LogP contribution in [0.3, 0.4) is 0 Å². The number of likely N-dealkylation sites (N-methyl/N-ethyl adjacent to an activating group) is 1. The number of hydrogen-bond donors (Lipinski definition) is 1. The first kappa shape index (κ1) is 23.2. The molecule has 1 N–H and O–H groups in total. The lowest BCUT2D eigenvalue weighted by molar-refractivity contribution is 0.326. The second-order valence-corrected chi connectivity index (χ2v) is 10.3. The van der Waals surface area contributed by atoms with Gasteiger partial charge in [-0.15, -0.1) is 0 Å². The summed E-state index contributed by atoms with van der Waals surface area (Å²) in [5, 5.41) is 0.946. The third-order valence-electron chi connectivity index (χ3n) is 5.71. The van der Waals surface area contributed by atoms with E-state index in [-0.39, 0.29) is 5.75 Å². The van der Waals surface area contributed by atoms with Crippen LogP contribution in [-0.4, -0.2) is 42.6 Å². The van der Waals surface area contributed by atoms with Crippen LogP contribution >= 0.6 is 0 Å². The minimum atomic E-state index is -3.35. The van der Waals surface area contributed by atoms with Crippen LogP contribution in [0.25, 0.3) is 22.0 Å². The van der Waals surface area contributed by atoms with E-state index in [9.17, 15) is 8.42 Å². The van der Waals surface area contributed by atoms with Crippen LogP contribution in [0.1, 0.15) is 36.8 Å². The maximum Gasteiger partial charge on any atom is 0.232 e. The zero-order chi connectivity index (χ0) is 23.4. The molecule has 0 atom stereocenters. The first-order valence-corrected chi connectivity index (χ1v) is 12.9. The predicted octanol–water partition coefficient (Wildman–Crippen LogP) is 4.90. The maximum atomic E-state index is 12.3. The minimum Gasteiger partial charge on any atom is -0.461 e. The number of aryl methyl sites for hydroxylation is 1. The minimum absolute atomic E-state index is 0.126. The van der Waals surface area contributed by atoms with Crippen LogP contribution in [0.2, 0.25) is 0 Å². The number of furan rings is 1. The molecule has 0 saturated heterocycles. The van der Waals surface area contributed by atoms with Crippen molar-refractivity contribution in [2.45, 2.75) is 39.7 Å². The predicted molar refractivity (Wildman–Crippen MR) is 133 cm³/mol. The highest BCUT2D eigenvalue weighted by atomic mass is 32.2. The van der Waals surface area contributed by atoms with Crippen molar-refractivity contribution in [2.24, 2.45) is 0 Å². The van der Waals surface area contributed by atoms with Crippen molar-refractivity contribution in [1.29, 1.82) is 0 Å². The van der Waals surface area contributed by atoms with Crippen molar-refractivity contribution in [2.75, 3.05) is 24.1 Å². The van der Waals surface area contributed by atoms with Crippen molar-refractivity contribution in [3.05, 3.63) is 65.7 Å². The number of nitrogens with zero attached hydrogens (tertiary/aromatic N) is 3. The van der Waals surface area contributed by atoms with Gasteiger partial charge in [-0.25, -0.2) is 13.4 Å². The Morgan fingerprint density at radius 1 is 1.12 bits per heavy atom. The summed E-state index contributed by atoms with van der Waals surface area (Å²) < 4.78 is 33.2. The van der Waals surface area contributed by atoms with Crippen molar-refractivity contribution >= 4 is 37.7 Å². The summed E-state index contributed by atoms with van der Waals surface area (Å²) in [6, 6.07) is 13.3. The van der Waals surface area contributed by atoms with Gasteiger partial charge in [0.2, 0.25) is 10.0 Å². The molecule has 0 unspecified atom stereocenters. The fourth-order valence-corrected chi connectivity index (χ4v) is 5.20. The summed E-state index contributed by atoms with van der Waals surface area (Å²) in [5.41, 5.74) is 5.15. The molecular weight excluding hydrogens is 436 g/mol. The average Bonchev–Trinajstić information content (AvgIpc) is 3.10. The number of unbranched alkanes of at least 4 members (excludes halogenated alkanes) is 1. The van der Waals surface area contributed by atoms with Gasteiger partial charge in [0.1, 0.15) is 11.3 Å². The van der Waals surface area contributed by atoms with Crippen LogP contribution in [0, 0.1) is 6.92 Å². The lowest BCUT2D eigenvalue weighted by atomic mass is 10.1. The van der Waals surface area contributed by atoms with Gasteiger partial charge in [0, 0.05) is 29.7 Å². The van der Waals surface area contributed by atoms with Crippen molar-refractivity contribution in [3.63, 3.8) is 0 Å². The van der Waals surface area contributed by atoms with Gasteiger partial charge < -0.3 is 9.32 Å². The molecule has 4 rings (SSSR count). The van der Waals surface area contributed by atoms with Crippen LogP contribution in [0.5, 0.6) is 0 Å². The number of nitrogens with one attached hydrogen (secondary N) is 1. The molecule has 2 aromatic carbocycles. The Morgan fingerprint density at radius 3 is 2.70 bits per heavy atom. The molecule has 0 aliphatic carbocycles. The number of aromatic nitrogens is 2. The fourth-order valence-electron chi connectivity index (χ4n) is 3.94. The number of para-hydroxylation sites is 2. The molecule has 2 heterocycles. The topological polar surface area (TPSA) is 88.3 Å². The molecule has 8 heteroatoms. The highest BCUT2D eigenvalue weighted by Crippen LogP contribution is 2.29. The fraction of sp³-hybridized carbons (Fsp3) is 0.360. The van der Waals surface area contributed by atoms with E-state index in [1.54, 1.807) is 6.07 Å². The second kappa shape index (κ2) is 9.89. The van der Waals surface area contributed by atoms with Gasteiger partial charge in [-0.05, 0) is 57.1 Å². The van der Waals surface area contributed by atoms with Gasteiger partial charge in [0.05, 0.1) is 28.7 Å². The van der Waals surface area contributed by atoms with Gasteiger partial charge in [-0.3, -0.25) is 9.71 Å². The van der Waals surface area contributed by atoms with Crippen molar-refractivity contribution in [1.82, 2.24) is 14.9 Å². The smallest absolute Gasteiger partial charge is 0.232 e. The first-order chi connectivity index (χ1) is 15.8. The Hall–Kier alpha value is -2.97. The number of benzene rings is 2. The van der Waals surface area contributed by atoms with Gasteiger partial charge in [0.15, 0.2) is 0 Å². The molecule has 7 nitrogen and oxygen atoms in total. The van der Waals surface area contributed by atoms with E-state index in [2.05, 4.69) is 21.7 Å². The molecule has 33 heavy (non-hydrogen) atoms. The molecule has 2 aromatic heterocycles. The number of hydrogen-bond acceptors (Lipinski definition) is 6. The van der Waals surface area contributed by atoms with E-state index in [4.69, 9.17) is 9.40 Å². The van der Waals surface area contributed by atoms with Crippen LogP contribution in [0.4, 0.5) is 5.69 Å². The van der Waals surface area contributed by atoms with Gasteiger partial charge in [-0.2, -0.15) is 0 Å². The van der Waals surface area contributed by atoms with Crippen LogP contribution in [0.15, 0.2) is 53.1 Å². The van der Waals surface area contributed by atoms with E-state index in [0.717, 1.165) is 58.4 Å². The zero-order valence-electron chi connectivity index (χ0n) is 19.3. The number of rotatable bonds is 10. The molecule has 0 fully saturated rings. The molecule has 0 aliphatic heterocycles. The summed E-state index contributed by atoms with van der Waals surface area (Å²) in [6.45, 7) is 5.42. The largest absolute Gasteiger partial charge is 0.461 e. The summed E-state index contributed by atoms with van der Waals surface area (Å²) in [5.74, 6) is 0.983. The Balaban J connectivity index is 1.46. The first-order valence-electron chi connectivity index (χ1n) is 11.3. The standard InChI is InChI=1S/C25H30N4O3S/c1-4-5-14-33(30,31)28-19-10-11-25-22(15-19)21(18(2)32-25)12-13-29(3)17-20-16-26-23-8-6-7-9-24(23)27-20/h6-11,15-16,28H,4-5,12-14,17H2,1-3H3. The lowest BCUT2D eigenvalue weighted by Gasteiger charge is -2.16. The van der Waals surface area contributed by atoms with E-state index in [0.29, 0.717) is 18.7 Å². The van der Waals surface area contributed by atoms with E-state index in [1.165, 1.54) is 0 Å². The third kappa shape index (κ3) is 5.69. The van der Waals surface area contributed by atoms with Gasteiger partial charge in [-0.1, -0.05) is 25.5 Å². The Kier molecular flexibility index (Phi) is 6.95. The van der Waals surface area contributed by atoms with Crippen molar-refractivity contribution in [3.8, 4) is 0 Å². The molecule has 0 saturated carbocycles. The Morgan fingerprint density at radius 2 is 1.91 bits per heavy atom. The number of anilines is 1. The molecular formula is C25H30N4O3S. The quantitative estimate of drug-likeness (QED) is 0.358. The average molecular weight is 467 g/mol. The zero-order valence-corrected chi connectivity index (χ0v) is 20.2. The van der Waals surface area contributed by atoms with E-state index in [1.807, 2.05) is 56.4 Å². The molecule has 0 aliphatic rings. The number of fused-ring (bicyclic) bond motifs is 2. The normalized spacial score (nSPS) is 12.1.